The van der Waals surface area contributed by atoms with Crippen LogP contribution >= 0.6 is 0 Å². The van der Waals surface area contributed by atoms with Gasteiger partial charge in [-0.05, 0) is 25.0 Å². The average molecular weight is 210 g/mol. The molecule has 1 aromatic rings. The van der Waals surface area contributed by atoms with Crippen molar-refractivity contribution < 1.29 is 8.39 Å². The Kier molecular flexibility index (Phi) is 3.32. The van der Waals surface area contributed by atoms with Crippen LogP contribution in [0.25, 0.3) is 0 Å². The first-order valence-corrected chi connectivity index (χ1v) is 6.08. The molecule has 0 radical (unpaired) electrons. The Bertz CT molecular complexity index is 304. The lowest BCUT2D eigenvalue weighted by Crippen LogP contribution is -2.09. The van der Waals surface area contributed by atoms with E-state index < -0.39 is 11.1 Å². The molecule has 0 bridgehead atoms. The molecule has 1 aromatic carbocycles. The highest BCUT2D eigenvalue weighted by Gasteiger charge is 2.18. The standard InChI is InChI=1S/C11H14O2S/c12-14(11-8-2-1-3-9-11)13-10-6-4-5-7-10/h1-3,8-10H,4-7H2. The maximum atomic E-state index is 11.7. The highest BCUT2D eigenvalue weighted by atomic mass is 32.2. The lowest BCUT2D eigenvalue weighted by atomic mass is 10.3. The predicted molar refractivity (Wildman–Crippen MR) is 56.2 cm³/mol. The Hall–Kier alpha value is -0.670. The van der Waals surface area contributed by atoms with Crippen molar-refractivity contribution in [2.45, 2.75) is 36.7 Å². The summed E-state index contributed by atoms with van der Waals surface area (Å²) in [4.78, 5) is 0.763. The van der Waals surface area contributed by atoms with E-state index >= 15 is 0 Å². The summed E-state index contributed by atoms with van der Waals surface area (Å²) in [5.41, 5.74) is 0. The first kappa shape index (κ1) is 9.87. The molecule has 2 nitrogen and oxygen atoms in total. The highest BCUT2D eigenvalue weighted by molar-refractivity contribution is 7.80. The fourth-order valence-electron chi connectivity index (χ4n) is 1.70. The monoisotopic (exact) mass is 210 g/mol. The van der Waals surface area contributed by atoms with Gasteiger partial charge in [-0.2, -0.15) is 0 Å². The smallest absolute Gasteiger partial charge is 0.189 e. The van der Waals surface area contributed by atoms with Crippen LogP contribution in [0, 0.1) is 0 Å². The van der Waals surface area contributed by atoms with Crippen molar-refractivity contribution in [1.29, 1.82) is 0 Å². The van der Waals surface area contributed by atoms with Crippen molar-refractivity contribution in [2.24, 2.45) is 0 Å². The average Bonchev–Trinajstić information content (AvgIpc) is 2.72. The van der Waals surface area contributed by atoms with Crippen LogP contribution in [-0.4, -0.2) is 10.3 Å². The van der Waals surface area contributed by atoms with Gasteiger partial charge in [-0.3, -0.25) is 4.18 Å². The van der Waals surface area contributed by atoms with E-state index in [4.69, 9.17) is 4.18 Å². The van der Waals surface area contributed by atoms with Crippen LogP contribution in [0.1, 0.15) is 25.7 Å². The van der Waals surface area contributed by atoms with E-state index in [9.17, 15) is 4.21 Å². The molecule has 0 heterocycles. The largest absolute Gasteiger partial charge is 0.283 e. The van der Waals surface area contributed by atoms with Crippen molar-refractivity contribution in [3.05, 3.63) is 30.3 Å². The molecule has 76 valence electrons. The van der Waals surface area contributed by atoms with Gasteiger partial charge in [0.1, 0.15) is 0 Å². The van der Waals surface area contributed by atoms with Crippen molar-refractivity contribution in [3.8, 4) is 0 Å². The van der Waals surface area contributed by atoms with Crippen LogP contribution < -0.4 is 0 Å². The Labute approximate surface area is 86.9 Å². The lowest BCUT2D eigenvalue weighted by Gasteiger charge is -2.09. The van der Waals surface area contributed by atoms with Crippen molar-refractivity contribution in [1.82, 2.24) is 0 Å². The third-order valence-corrected chi connectivity index (χ3v) is 3.57. The van der Waals surface area contributed by atoms with Gasteiger partial charge in [-0.1, -0.05) is 31.0 Å². The zero-order valence-corrected chi connectivity index (χ0v) is 8.83. The molecular formula is C11H14O2S. The Balaban J connectivity index is 1.95. The quantitative estimate of drug-likeness (QED) is 0.766. The normalized spacial score (nSPS) is 19.7. The molecule has 1 aliphatic carbocycles. The predicted octanol–water partition coefficient (Wildman–Crippen LogP) is 2.67. The second kappa shape index (κ2) is 4.71. The molecule has 1 aliphatic rings. The molecule has 1 unspecified atom stereocenters. The molecule has 1 saturated carbocycles. The molecule has 14 heavy (non-hydrogen) atoms. The molecule has 0 N–H and O–H groups in total. The summed E-state index contributed by atoms with van der Waals surface area (Å²) in [6.07, 6.45) is 4.72. The van der Waals surface area contributed by atoms with E-state index in [1.54, 1.807) is 0 Å². The minimum atomic E-state index is -1.27. The maximum absolute atomic E-state index is 11.7. The summed E-state index contributed by atoms with van der Waals surface area (Å²) in [5.74, 6) is 0. The molecule has 1 fully saturated rings. The minimum Gasteiger partial charge on any atom is -0.283 e. The molecule has 1 atom stereocenters. The van der Waals surface area contributed by atoms with Crippen molar-refractivity contribution >= 4 is 11.1 Å². The minimum absolute atomic E-state index is 0.205. The van der Waals surface area contributed by atoms with Gasteiger partial charge in [0.25, 0.3) is 0 Å². The van der Waals surface area contributed by atoms with Gasteiger partial charge >= 0.3 is 0 Å². The van der Waals surface area contributed by atoms with E-state index in [1.165, 1.54) is 12.8 Å². The summed E-state index contributed by atoms with van der Waals surface area (Å²) in [5, 5.41) is 0. The summed E-state index contributed by atoms with van der Waals surface area (Å²) in [6, 6.07) is 9.35. The van der Waals surface area contributed by atoms with E-state index in [2.05, 4.69) is 0 Å². The van der Waals surface area contributed by atoms with Gasteiger partial charge in [0.05, 0.1) is 11.0 Å². The zero-order valence-electron chi connectivity index (χ0n) is 8.02. The van der Waals surface area contributed by atoms with Crippen molar-refractivity contribution in [3.63, 3.8) is 0 Å². The third-order valence-electron chi connectivity index (χ3n) is 2.46. The van der Waals surface area contributed by atoms with Gasteiger partial charge in [-0.15, -0.1) is 0 Å². The lowest BCUT2D eigenvalue weighted by molar-refractivity contribution is 0.235. The second-order valence-electron chi connectivity index (χ2n) is 3.55. The Morgan fingerprint density at radius 2 is 1.79 bits per heavy atom. The van der Waals surface area contributed by atoms with E-state index in [1.807, 2.05) is 30.3 Å². The zero-order chi connectivity index (χ0) is 9.80. The van der Waals surface area contributed by atoms with Crippen LogP contribution in [-0.2, 0) is 15.3 Å². The van der Waals surface area contributed by atoms with Gasteiger partial charge in [0, 0.05) is 0 Å². The van der Waals surface area contributed by atoms with E-state index in [-0.39, 0.29) is 6.10 Å². The summed E-state index contributed by atoms with van der Waals surface area (Å²) in [7, 11) is 0. The van der Waals surface area contributed by atoms with Gasteiger partial charge < -0.3 is 0 Å². The van der Waals surface area contributed by atoms with Gasteiger partial charge in [-0.25, -0.2) is 4.21 Å². The van der Waals surface area contributed by atoms with Gasteiger partial charge in [0.2, 0.25) is 0 Å². The van der Waals surface area contributed by atoms with Gasteiger partial charge in [0.15, 0.2) is 11.1 Å². The number of rotatable bonds is 3. The third kappa shape index (κ3) is 2.42. The van der Waals surface area contributed by atoms with E-state index in [0.717, 1.165) is 17.7 Å². The molecular weight excluding hydrogens is 196 g/mol. The fraction of sp³-hybridized carbons (Fsp3) is 0.455. The Morgan fingerprint density at radius 3 is 2.43 bits per heavy atom. The topological polar surface area (TPSA) is 26.3 Å². The van der Waals surface area contributed by atoms with Crippen molar-refractivity contribution in [2.75, 3.05) is 0 Å². The first-order chi connectivity index (χ1) is 6.86. The molecule has 2 rings (SSSR count). The molecule has 0 amide bonds. The molecule has 0 spiro atoms. The van der Waals surface area contributed by atoms with Crippen LogP contribution in [0.5, 0.6) is 0 Å². The summed E-state index contributed by atoms with van der Waals surface area (Å²) >= 11 is -1.27. The van der Waals surface area contributed by atoms with Crippen LogP contribution in [0.3, 0.4) is 0 Å². The second-order valence-corrected chi connectivity index (χ2v) is 4.68. The molecule has 0 aromatic heterocycles. The summed E-state index contributed by atoms with van der Waals surface area (Å²) in [6.45, 7) is 0. The first-order valence-electron chi connectivity index (χ1n) is 5.00. The molecule has 0 saturated heterocycles. The van der Waals surface area contributed by atoms with Crippen LogP contribution in [0.15, 0.2) is 35.2 Å². The molecule has 0 aliphatic heterocycles. The number of benzene rings is 1. The maximum Gasteiger partial charge on any atom is 0.189 e. The van der Waals surface area contributed by atoms with E-state index in [0.29, 0.717) is 0 Å². The van der Waals surface area contributed by atoms with Crippen LogP contribution in [0.2, 0.25) is 0 Å². The highest BCUT2D eigenvalue weighted by Crippen LogP contribution is 2.23. The van der Waals surface area contributed by atoms with Crippen LogP contribution in [0.4, 0.5) is 0 Å². The Morgan fingerprint density at radius 1 is 1.14 bits per heavy atom. The number of hydrogen-bond donors (Lipinski definition) is 0. The number of hydrogen-bond acceptors (Lipinski definition) is 2. The SMILES string of the molecule is O=S(OC1CCCC1)c1ccccc1. The molecule has 3 heteroatoms. The summed E-state index contributed by atoms with van der Waals surface area (Å²) < 4.78 is 17.2. The fourth-order valence-corrected chi connectivity index (χ4v) is 2.63.